The highest BCUT2D eigenvalue weighted by Gasteiger charge is 2.53. The molecule has 1 unspecified atom stereocenters. The van der Waals surface area contributed by atoms with E-state index in [0.717, 1.165) is 49.9 Å². The molecule has 246 valence electrons. The van der Waals surface area contributed by atoms with E-state index in [-0.39, 0.29) is 12.5 Å². The number of carbonyl (C=O) groups is 6. The maximum absolute atomic E-state index is 13.3. The van der Waals surface area contributed by atoms with E-state index in [9.17, 15) is 28.8 Å². The van der Waals surface area contributed by atoms with Crippen LogP contribution in [0, 0.1) is 0 Å². The highest BCUT2D eigenvalue weighted by Crippen LogP contribution is 2.44. The smallest absolute Gasteiger partial charge is 0.407 e. The van der Waals surface area contributed by atoms with Gasteiger partial charge in [0.1, 0.15) is 19.3 Å². The second-order valence-corrected chi connectivity index (χ2v) is 11.8. The van der Waals surface area contributed by atoms with E-state index in [4.69, 9.17) is 28.4 Å². The van der Waals surface area contributed by atoms with Gasteiger partial charge in [-0.25, -0.2) is 4.79 Å². The fourth-order valence-corrected chi connectivity index (χ4v) is 6.41. The molecule has 13 nitrogen and oxygen atoms in total. The van der Waals surface area contributed by atoms with E-state index < -0.39 is 77.6 Å². The van der Waals surface area contributed by atoms with Crippen molar-refractivity contribution in [3.05, 3.63) is 59.7 Å². The Kier molecular flexibility index (Phi) is 11.4. The molecule has 0 aromatic heterocycles. The molecule has 1 heterocycles. The van der Waals surface area contributed by atoms with Crippen LogP contribution in [0.5, 0.6) is 0 Å². The Bertz CT molecular complexity index is 1450. The summed E-state index contributed by atoms with van der Waals surface area (Å²) in [4.78, 5) is 73.7. The lowest BCUT2D eigenvalue weighted by atomic mass is 9.98. The molecule has 6 atom stereocenters. The van der Waals surface area contributed by atoms with E-state index in [2.05, 4.69) is 5.32 Å². The molecule has 14 heteroatoms. The maximum Gasteiger partial charge on any atom is 0.407 e. The minimum absolute atomic E-state index is 0.0353. The van der Waals surface area contributed by atoms with Crippen molar-refractivity contribution < 1.29 is 57.2 Å². The summed E-state index contributed by atoms with van der Waals surface area (Å²) in [5, 5.41) is 1.89. The first kappa shape index (κ1) is 34.4. The molecule has 2 aromatic carbocycles. The van der Waals surface area contributed by atoms with Crippen LogP contribution < -0.4 is 5.32 Å². The number of esters is 4. The molecular formula is C32H35NO12S. The molecule has 0 bridgehead atoms. The number of hydrogen-bond acceptors (Lipinski definition) is 13. The third kappa shape index (κ3) is 8.43. The highest BCUT2D eigenvalue weighted by atomic mass is 32.2. The summed E-state index contributed by atoms with van der Waals surface area (Å²) < 4.78 is 32.7. The molecule has 1 amide bonds. The van der Waals surface area contributed by atoms with Crippen molar-refractivity contribution in [3.8, 4) is 11.1 Å². The Morgan fingerprint density at radius 1 is 0.717 bits per heavy atom. The van der Waals surface area contributed by atoms with Gasteiger partial charge in [-0.15, -0.1) is 0 Å². The van der Waals surface area contributed by atoms with Gasteiger partial charge < -0.3 is 33.7 Å². The molecule has 0 saturated carbocycles. The molecule has 1 aliphatic heterocycles. The molecule has 1 aliphatic carbocycles. The van der Waals surface area contributed by atoms with Gasteiger partial charge in [-0.05, 0) is 29.2 Å². The number of amides is 1. The molecule has 46 heavy (non-hydrogen) atoms. The Hall–Kier alpha value is -4.43. The van der Waals surface area contributed by atoms with Gasteiger partial charge in [0.25, 0.3) is 0 Å². The molecule has 1 saturated heterocycles. The zero-order valence-electron chi connectivity index (χ0n) is 25.9. The summed E-state index contributed by atoms with van der Waals surface area (Å²) in [6, 6.07) is 14.6. The van der Waals surface area contributed by atoms with Gasteiger partial charge in [0.05, 0.1) is 6.04 Å². The van der Waals surface area contributed by atoms with Crippen LogP contribution in [0.4, 0.5) is 4.79 Å². The first-order valence-corrected chi connectivity index (χ1v) is 15.4. The van der Waals surface area contributed by atoms with Gasteiger partial charge in [0, 0.05) is 33.6 Å². The van der Waals surface area contributed by atoms with Crippen molar-refractivity contribution in [1.82, 2.24) is 5.32 Å². The number of nitrogens with one attached hydrogen (secondary N) is 1. The number of benzene rings is 2. The van der Waals surface area contributed by atoms with E-state index in [1.54, 1.807) is 0 Å². The summed E-state index contributed by atoms with van der Waals surface area (Å²) in [6.45, 7) is 5.49. The summed E-state index contributed by atoms with van der Waals surface area (Å²) in [5.41, 5.74) is 2.87. The maximum atomic E-state index is 13.3. The van der Waals surface area contributed by atoms with Crippen molar-refractivity contribution in [3.63, 3.8) is 0 Å². The minimum Gasteiger partial charge on any atom is -0.463 e. The van der Waals surface area contributed by atoms with Gasteiger partial charge in [0.15, 0.2) is 23.7 Å². The largest absolute Gasteiger partial charge is 0.463 e. The van der Waals surface area contributed by atoms with E-state index in [1.807, 2.05) is 48.5 Å². The fourth-order valence-electron chi connectivity index (χ4n) is 5.38. The normalized spacial score (nSPS) is 22.3. The zero-order valence-corrected chi connectivity index (χ0v) is 26.7. The number of fused-ring (bicyclic) bond motifs is 3. The zero-order chi connectivity index (χ0) is 33.5. The van der Waals surface area contributed by atoms with Crippen LogP contribution in [0.25, 0.3) is 11.1 Å². The van der Waals surface area contributed by atoms with Crippen LogP contribution >= 0.6 is 11.8 Å². The van der Waals surface area contributed by atoms with Crippen molar-refractivity contribution in [2.45, 2.75) is 76.4 Å². The fraction of sp³-hybridized carbons (Fsp3) is 0.438. The van der Waals surface area contributed by atoms with Gasteiger partial charge in [-0.2, -0.15) is 0 Å². The summed E-state index contributed by atoms with van der Waals surface area (Å²) in [5.74, 6) is -3.22. The number of rotatable bonds is 10. The van der Waals surface area contributed by atoms with Crippen LogP contribution in [-0.2, 0) is 52.4 Å². The summed E-state index contributed by atoms with van der Waals surface area (Å²) in [6.07, 6.45) is -6.23. The Balaban J connectivity index is 1.46. The van der Waals surface area contributed by atoms with Crippen LogP contribution in [0.2, 0.25) is 0 Å². The highest BCUT2D eigenvalue weighted by molar-refractivity contribution is 8.14. The lowest BCUT2D eigenvalue weighted by Crippen LogP contribution is -2.62. The molecule has 4 rings (SSSR count). The average Bonchev–Trinajstić information content (AvgIpc) is 3.31. The molecule has 0 spiro atoms. The molecule has 2 aromatic rings. The second kappa shape index (κ2) is 15.2. The third-order valence-electron chi connectivity index (χ3n) is 7.21. The average molecular weight is 658 g/mol. The molecular weight excluding hydrogens is 622 g/mol. The first-order chi connectivity index (χ1) is 21.8. The quantitative estimate of drug-likeness (QED) is 0.292. The predicted octanol–water partition coefficient (Wildman–Crippen LogP) is 3.26. The number of thioether (sulfide) groups is 1. The van der Waals surface area contributed by atoms with Crippen LogP contribution in [0.15, 0.2) is 48.5 Å². The van der Waals surface area contributed by atoms with Crippen molar-refractivity contribution in [1.29, 1.82) is 0 Å². The predicted molar refractivity (Wildman–Crippen MR) is 162 cm³/mol. The van der Waals surface area contributed by atoms with Gasteiger partial charge >= 0.3 is 30.0 Å². The minimum atomic E-state index is -1.42. The topological polar surface area (TPSA) is 170 Å². The lowest BCUT2D eigenvalue weighted by Gasteiger charge is -2.44. The number of carbonyl (C=O) groups excluding carboxylic acids is 6. The van der Waals surface area contributed by atoms with E-state index >= 15 is 0 Å². The number of ether oxygens (including phenoxy) is 6. The van der Waals surface area contributed by atoms with Gasteiger partial charge in [0.2, 0.25) is 5.12 Å². The van der Waals surface area contributed by atoms with Crippen molar-refractivity contribution >= 4 is 46.8 Å². The van der Waals surface area contributed by atoms with Crippen LogP contribution in [0.1, 0.15) is 51.7 Å². The SMILES string of the molecule is CC(=O)OC[C@H]1O[C@@H](SC(=O)C(C)NC(=O)OCC2c3ccccc3-c3ccccc32)[C@H](OC(C)=O)[C@@H](OC(C)=O)[C@@H]1OC(C)=O. The number of alkyl carbamates (subject to hydrolysis) is 1. The molecule has 0 radical (unpaired) electrons. The van der Waals surface area contributed by atoms with Crippen molar-refractivity contribution in [2.24, 2.45) is 0 Å². The Labute approximate surface area is 269 Å². The Morgan fingerprint density at radius 2 is 1.24 bits per heavy atom. The molecule has 2 aliphatic rings. The monoisotopic (exact) mass is 657 g/mol. The van der Waals surface area contributed by atoms with Crippen LogP contribution in [-0.4, -0.2) is 84.2 Å². The lowest BCUT2D eigenvalue weighted by molar-refractivity contribution is -0.237. The third-order valence-corrected chi connectivity index (χ3v) is 8.41. The summed E-state index contributed by atoms with van der Waals surface area (Å²) in [7, 11) is 0. The summed E-state index contributed by atoms with van der Waals surface area (Å²) >= 11 is 0.554. The number of hydrogen-bond donors (Lipinski definition) is 1. The van der Waals surface area contributed by atoms with E-state index in [1.165, 1.54) is 6.92 Å². The van der Waals surface area contributed by atoms with Gasteiger partial charge in [-0.3, -0.25) is 24.0 Å². The Morgan fingerprint density at radius 3 is 1.78 bits per heavy atom. The first-order valence-electron chi connectivity index (χ1n) is 14.5. The van der Waals surface area contributed by atoms with Crippen LogP contribution in [0.3, 0.4) is 0 Å². The van der Waals surface area contributed by atoms with Crippen molar-refractivity contribution in [2.75, 3.05) is 13.2 Å². The van der Waals surface area contributed by atoms with Gasteiger partial charge in [-0.1, -0.05) is 60.3 Å². The standard InChI is InChI=1S/C32H35NO12S/c1-16(33-32(39)41-14-25-23-12-8-6-10-21(23)22-11-7-9-13-24(22)25)30(38)46-31-29(44-20(5)37)28(43-19(4)36)27(42-18(3)35)26(45-31)15-40-17(2)34/h6-13,16,25-29,31H,14-15H2,1-5H3,(H,33,39)/t16?,26-,27-,28+,29-,31+/m1/s1. The second-order valence-electron chi connectivity index (χ2n) is 10.7. The van der Waals surface area contributed by atoms with E-state index in [0.29, 0.717) is 11.8 Å². The molecule has 1 fully saturated rings. The molecule has 1 N–H and O–H groups in total.